The van der Waals surface area contributed by atoms with Crippen LogP contribution in [0.5, 0.6) is 0 Å². The van der Waals surface area contributed by atoms with Crippen LogP contribution < -0.4 is 5.32 Å². The van der Waals surface area contributed by atoms with Gasteiger partial charge in [0.25, 0.3) is 0 Å². The summed E-state index contributed by atoms with van der Waals surface area (Å²) in [7, 11) is 0. The zero-order valence-corrected chi connectivity index (χ0v) is 13.3. The van der Waals surface area contributed by atoms with Gasteiger partial charge in [0.1, 0.15) is 0 Å². The van der Waals surface area contributed by atoms with Crippen LogP contribution in [-0.4, -0.2) is 22.1 Å². The van der Waals surface area contributed by atoms with Crippen molar-refractivity contribution < 1.29 is 0 Å². The molecule has 1 aromatic heterocycles. The summed E-state index contributed by atoms with van der Waals surface area (Å²) in [5.41, 5.74) is 2.59. The number of aryl methyl sites for hydroxylation is 2. The number of hydrogen-bond acceptors (Lipinski definition) is 3. The molecule has 2 rings (SSSR count). The summed E-state index contributed by atoms with van der Waals surface area (Å²) < 4.78 is 1.98. The minimum atomic E-state index is 0.353. The van der Waals surface area contributed by atoms with Gasteiger partial charge >= 0.3 is 0 Å². The molecule has 108 valence electrons. The molecule has 0 bridgehead atoms. The topological polar surface area (TPSA) is 29.9 Å². The second-order valence-corrected chi connectivity index (χ2v) is 5.96. The van der Waals surface area contributed by atoms with Crippen LogP contribution >= 0.6 is 11.8 Å². The summed E-state index contributed by atoms with van der Waals surface area (Å²) in [5, 5.41) is 7.92. The van der Waals surface area contributed by atoms with Gasteiger partial charge in [0.05, 0.1) is 6.20 Å². The predicted molar refractivity (Wildman–Crippen MR) is 86.2 cm³/mol. The largest absolute Gasteiger partial charge is 0.309 e. The zero-order valence-electron chi connectivity index (χ0n) is 12.5. The van der Waals surface area contributed by atoms with Crippen LogP contribution in [-0.2, 0) is 6.54 Å². The third-order valence-electron chi connectivity index (χ3n) is 3.24. The second kappa shape index (κ2) is 7.50. The molecule has 0 fully saturated rings. The van der Waals surface area contributed by atoms with E-state index in [1.54, 1.807) is 0 Å². The molecule has 0 aliphatic rings. The number of nitrogens with zero attached hydrogens (tertiary/aromatic N) is 2. The summed E-state index contributed by atoms with van der Waals surface area (Å²) >= 11 is 1.89. The molecule has 0 aliphatic carbocycles. The molecule has 20 heavy (non-hydrogen) atoms. The first-order valence-corrected chi connectivity index (χ1v) is 8.16. The molecule has 0 saturated heterocycles. The van der Waals surface area contributed by atoms with Crippen LogP contribution in [0.4, 0.5) is 0 Å². The Bertz CT molecular complexity index is 536. The summed E-state index contributed by atoms with van der Waals surface area (Å²) in [4.78, 5) is 1.33. The molecule has 0 amide bonds. The van der Waals surface area contributed by atoms with Crippen molar-refractivity contribution >= 4 is 11.8 Å². The lowest BCUT2D eigenvalue weighted by atomic mass is 10.2. The third kappa shape index (κ3) is 4.12. The molecule has 1 unspecified atom stereocenters. The minimum absolute atomic E-state index is 0.353. The molecular weight excluding hydrogens is 266 g/mol. The average molecular weight is 289 g/mol. The van der Waals surface area contributed by atoms with Crippen LogP contribution in [0.3, 0.4) is 0 Å². The van der Waals surface area contributed by atoms with Gasteiger partial charge in [0.2, 0.25) is 0 Å². The Morgan fingerprint density at radius 1 is 1.35 bits per heavy atom. The Morgan fingerprint density at radius 3 is 2.85 bits per heavy atom. The molecule has 1 heterocycles. The monoisotopic (exact) mass is 289 g/mol. The van der Waals surface area contributed by atoms with Crippen LogP contribution in [0.25, 0.3) is 0 Å². The minimum Gasteiger partial charge on any atom is -0.309 e. The van der Waals surface area contributed by atoms with Crippen LogP contribution in [0, 0.1) is 6.92 Å². The number of thioether (sulfide) groups is 1. The first-order valence-electron chi connectivity index (χ1n) is 7.18. The summed E-state index contributed by atoms with van der Waals surface area (Å²) in [6, 6.07) is 9.02. The van der Waals surface area contributed by atoms with Crippen molar-refractivity contribution in [3.05, 3.63) is 47.8 Å². The molecule has 2 aromatic rings. The lowest BCUT2D eigenvalue weighted by Crippen LogP contribution is -2.22. The standard InChI is InChI=1S/C16H23N3S/c1-4-17-16(14-10-18-19(5-2)11-14)12-20-15-8-6-7-13(3)9-15/h6-11,16-17H,4-5,12H2,1-3H3. The van der Waals surface area contributed by atoms with E-state index in [-0.39, 0.29) is 0 Å². The Kier molecular flexibility index (Phi) is 5.68. The third-order valence-corrected chi connectivity index (χ3v) is 4.32. The van der Waals surface area contributed by atoms with Gasteiger partial charge in [-0.15, -0.1) is 11.8 Å². The number of nitrogens with one attached hydrogen (secondary N) is 1. The molecule has 0 spiro atoms. The first kappa shape index (κ1) is 15.1. The van der Waals surface area contributed by atoms with E-state index in [1.807, 2.05) is 22.6 Å². The van der Waals surface area contributed by atoms with Gasteiger partial charge < -0.3 is 5.32 Å². The first-order chi connectivity index (χ1) is 9.72. The van der Waals surface area contributed by atoms with Crippen molar-refractivity contribution in [3.63, 3.8) is 0 Å². The Balaban J connectivity index is 2.02. The van der Waals surface area contributed by atoms with Gasteiger partial charge in [-0.1, -0.05) is 24.6 Å². The highest BCUT2D eigenvalue weighted by molar-refractivity contribution is 7.99. The highest BCUT2D eigenvalue weighted by Gasteiger charge is 2.13. The van der Waals surface area contributed by atoms with Crippen molar-refractivity contribution in [3.8, 4) is 0 Å². The Labute approximate surface area is 125 Å². The fourth-order valence-corrected chi connectivity index (χ4v) is 3.25. The number of aromatic nitrogens is 2. The highest BCUT2D eigenvalue weighted by Crippen LogP contribution is 2.25. The van der Waals surface area contributed by atoms with Crippen LogP contribution in [0.2, 0.25) is 0 Å². The van der Waals surface area contributed by atoms with Gasteiger partial charge in [0.15, 0.2) is 0 Å². The summed E-state index contributed by atoms with van der Waals surface area (Å²) in [6.07, 6.45) is 4.12. The molecule has 3 nitrogen and oxygen atoms in total. The van der Waals surface area contributed by atoms with Crippen molar-refractivity contribution in [2.75, 3.05) is 12.3 Å². The molecule has 0 saturated carbocycles. The molecule has 1 atom stereocenters. The molecule has 0 radical (unpaired) electrons. The van der Waals surface area contributed by atoms with E-state index in [9.17, 15) is 0 Å². The van der Waals surface area contributed by atoms with E-state index in [2.05, 4.69) is 61.6 Å². The van der Waals surface area contributed by atoms with Gasteiger partial charge in [-0.2, -0.15) is 5.10 Å². The molecular formula is C16H23N3S. The highest BCUT2D eigenvalue weighted by atomic mass is 32.2. The van der Waals surface area contributed by atoms with Crippen molar-refractivity contribution in [2.45, 2.75) is 38.3 Å². The molecule has 4 heteroatoms. The fraction of sp³-hybridized carbons (Fsp3) is 0.438. The summed E-state index contributed by atoms with van der Waals surface area (Å²) in [6.45, 7) is 8.28. The molecule has 1 aromatic carbocycles. The Hall–Kier alpha value is -1.26. The van der Waals surface area contributed by atoms with Crippen molar-refractivity contribution in [2.24, 2.45) is 0 Å². The van der Waals surface area contributed by atoms with E-state index in [0.717, 1.165) is 18.8 Å². The maximum atomic E-state index is 4.37. The number of hydrogen-bond donors (Lipinski definition) is 1. The lowest BCUT2D eigenvalue weighted by Gasteiger charge is -2.16. The predicted octanol–water partition coefficient (Wildman–Crippen LogP) is 3.65. The Morgan fingerprint density at radius 2 is 2.20 bits per heavy atom. The smallest absolute Gasteiger partial charge is 0.0537 e. The maximum Gasteiger partial charge on any atom is 0.0537 e. The van der Waals surface area contributed by atoms with Gasteiger partial charge in [-0.25, -0.2) is 0 Å². The van der Waals surface area contributed by atoms with E-state index < -0.39 is 0 Å². The van der Waals surface area contributed by atoms with Gasteiger partial charge in [0, 0.05) is 35.0 Å². The van der Waals surface area contributed by atoms with Crippen LogP contribution in [0.1, 0.15) is 31.0 Å². The van der Waals surface area contributed by atoms with E-state index >= 15 is 0 Å². The van der Waals surface area contributed by atoms with Crippen LogP contribution in [0.15, 0.2) is 41.6 Å². The van der Waals surface area contributed by atoms with Gasteiger partial charge in [-0.05, 0) is 32.5 Å². The van der Waals surface area contributed by atoms with Gasteiger partial charge in [-0.3, -0.25) is 4.68 Å². The average Bonchev–Trinajstić information content (AvgIpc) is 2.92. The lowest BCUT2D eigenvalue weighted by molar-refractivity contribution is 0.603. The normalized spacial score (nSPS) is 12.6. The van der Waals surface area contributed by atoms with E-state index in [1.165, 1.54) is 16.0 Å². The van der Waals surface area contributed by atoms with E-state index in [0.29, 0.717) is 6.04 Å². The van der Waals surface area contributed by atoms with E-state index in [4.69, 9.17) is 0 Å². The number of rotatable bonds is 7. The molecule has 0 aliphatic heterocycles. The maximum absolute atomic E-state index is 4.37. The quantitative estimate of drug-likeness (QED) is 0.789. The van der Waals surface area contributed by atoms with Crippen molar-refractivity contribution in [1.82, 2.24) is 15.1 Å². The fourth-order valence-electron chi connectivity index (χ4n) is 2.14. The zero-order chi connectivity index (χ0) is 14.4. The second-order valence-electron chi connectivity index (χ2n) is 4.87. The van der Waals surface area contributed by atoms with Crippen molar-refractivity contribution in [1.29, 1.82) is 0 Å². The summed E-state index contributed by atoms with van der Waals surface area (Å²) in [5.74, 6) is 1.02. The molecule has 1 N–H and O–H groups in total. The SMILES string of the molecule is CCNC(CSc1cccc(C)c1)c1cnn(CC)c1. The number of benzene rings is 1.